The van der Waals surface area contributed by atoms with E-state index in [4.69, 9.17) is 10.9 Å². The molecule has 0 unspecified atom stereocenters. The highest BCUT2D eigenvalue weighted by Crippen LogP contribution is 2.14. The van der Waals surface area contributed by atoms with Crippen molar-refractivity contribution in [3.8, 4) is 0 Å². The number of nitrogens with zero attached hydrogens (tertiary/aromatic N) is 2. The zero-order valence-corrected chi connectivity index (χ0v) is 7.53. The number of rotatable bonds is 2. The minimum atomic E-state index is 0.309. The number of oxime groups is 1. The van der Waals surface area contributed by atoms with Crippen molar-refractivity contribution in [3.63, 3.8) is 0 Å². The smallest absolute Gasteiger partial charge is 0.153 e. The second-order valence-electron chi connectivity index (χ2n) is 3.57. The Labute approximate surface area is 73.0 Å². The van der Waals surface area contributed by atoms with E-state index in [9.17, 15) is 0 Å². The van der Waals surface area contributed by atoms with Gasteiger partial charge < -0.3 is 10.9 Å². The van der Waals surface area contributed by atoms with Gasteiger partial charge >= 0.3 is 0 Å². The molecule has 1 atom stereocenters. The molecule has 0 saturated carbocycles. The molecule has 0 aromatic carbocycles. The summed E-state index contributed by atoms with van der Waals surface area (Å²) in [7, 11) is 0. The minimum Gasteiger partial charge on any atom is -0.409 e. The van der Waals surface area contributed by atoms with Gasteiger partial charge in [-0.25, -0.2) is 0 Å². The van der Waals surface area contributed by atoms with E-state index in [1.807, 2.05) is 0 Å². The van der Waals surface area contributed by atoms with E-state index in [1.165, 1.54) is 12.8 Å². The van der Waals surface area contributed by atoms with Gasteiger partial charge in [-0.1, -0.05) is 12.1 Å². The molecule has 1 aliphatic heterocycles. The van der Waals surface area contributed by atoms with Gasteiger partial charge in [0.15, 0.2) is 5.84 Å². The lowest BCUT2D eigenvalue weighted by Crippen LogP contribution is -2.40. The summed E-state index contributed by atoms with van der Waals surface area (Å²) in [5, 5.41) is 11.3. The first-order valence-corrected chi connectivity index (χ1v) is 4.41. The maximum atomic E-state index is 8.37. The average molecular weight is 171 g/mol. The lowest BCUT2D eigenvalue weighted by Gasteiger charge is -2.30. The van der Waals surface area contributed by atoms with Crippen LogP contribution in [0.3, 0.4) is 0 Å². The molecule has 0 aliphatic carbocycles. The van der Waals surface area contributed by atoms with Gasteiger partial charge in [-0.2, -0.15) is 0 Å². The molecule has 3 N–H and O–H groups in total. The van der Waals surface area contributed by atoms with Crippen molar-refractivity contribution in [2.24, 2.45) is 16.8 Å². The summed E-state index contributed by atoms with van der Waals surface area (Å²) < 4.78 is 0. The summed E-state index contributed by atoms with van der Waals surface area (Å²) in [6, 6.07) is 0. The molecular formula is C8H17N3O. The van der Waals surface area contributed by atoms with E-state index in [2.05, 4.69) is 17.0 Å². The van der Waals surface area contributed by atoms with Crippen LogP contribution in [0.5, 0.6) is 0 Å². The normalized spacial score (nSPS) is 27.4. The maximum absolute atomic E-state index is 8.37. The van der Waals surface area contributed by atoms with Crippen molar-refractivity contribution < 1.29 is 5.21 Å². The highest BCUT2D eigenvalue weighted by molar-refractivity contribution is 5.81. The summed E-state index contributed by atoms with van der Waals surface area (Å²) in [5.74, 6) is 1.05. The third-order valence-electron chi connectivity index (χ3n) is 2.26. The zero-order valence-electron chi connectivity index (χ0n) is 7.53. The zero-order chi connectivity index (χ0) is 8.97. The lowest BCUT2D eigenvalue weighted by molar-refractivity contribution is 0.204. The Morgan fingerprint density at radius 3 is 3.08 bits per heavy atom. The molecule has 0 aromatic heterocycles. The molecule has 0 radical (unpaired) electrons. The van der Waals surface area contributed by atoms with Crippen LogP contribution in [0.15, 0.2) is 5.16 Å². The summed E-state index contributed by atoms with van der Waals surface area (Å²) in [6.07, 6.45) is 2.52. The molecule has 1 heterocycles. The van der Waals surface area contributed by atoms with Gasteiger partial charge in [-0.05, 0) is 25.3 Å². The number of hydrogen-bond acceptors (Lipinski definition) is 3. The summed E-state index contributed by atoms with van der Waals surface area (Å²) in [6.45, 7) is 4.97. The van der Waals surface area contributed by atoms with E-state index in [-0.39, 0.29) is 0 Å². The Morgan fingerprint density at radius 2 is 2.50 bits per heavy atom. The monoisotopic (exact) mass is 171 g/mol. The van der Waals surface area contributed by atoms with Gasteiger partial charge in [-0.3, -0.25) is 4.90 Å². The van der Waals surface area contributed by atoms with Gasteiger partial charge in [0, 0.05) is 6.54 Å². The topological polar surface area (TPSA) is 61.8 Å². The van der Waals surface area contributed by atoms with Crippen LogP contribution in [0.4, 0.5) is 0 Å². The fourth-order valence-corrected chi connectivity index (χ4v) is 1.69. The Balaban J connectivity index is 2.32. The summed E-state index contributed by atoms with van der Waals surface area (Å²) in [4.78, 5) is 2.23. The van der Waals surface area contributed by atoms with E-state index in [1.54, 1.807) is 0 Å². The standard InChI is InChI=1S/C8H17N3O/c1-7-3-2-4-11(5-7)6-8(9)10-12/h7,12H,2-6H2,1H3,(H2,9,10)/t7-/m0/s1. The summed E-state index contributed by atoms with van der Waals surface area (Å²) >= 11 is 0. The van der Waals surface area contributed by atoms with Crippen LogP contribution in [0.2, 0.25) is 0 Å². The molecule has 1 fully saturated rings. The predicted molar refractivity (Wildman–Crippen MR) is 48.2 cm³/mol. The van der Waals surface area contributed by atoms with Gasteiger partial charge in [0.05, 0.1) is 6.54 Å². The first kappa shape index (κ1) is 9.32. The summed E-state index contributed by atoms with van der Waals surface area (Å²) in [5.41, 5.74) is 5.41. The molecule has 0 amide bonds. The Kier molecular flexibility index (Phi) is 3.34. The van der Waals surface area contributed by atoms with Crippen LogP contribution in [0, 0.1) is 5.92 Å². The largest absolute Gasteiger partial charge is 0.409 e. The molecule has 0 spiro atoms. The van der Waals surface area contributed by atoms with E-state index in [0.717, 1.165) is 19.0 Å². The van der Waals surface area contributed by atoms with Crippen molar-refractivity contribution >= 4 is 5.84 Å². The van der Waals surface area contributed by atoms with Gasteiger partial charge in [0.25, 0.3) is 0 Å². The molecule has 4 nitrogen and oxygen atoms in total. The van der Waals surface area contributed by atoms with Gasteiger partial charge in [-0.15, -0.1) is 0 Å². The van der Waals surface area contributed by atoms with Crippen LogP contribution >= 0.6 is 0 Å². The van der Waals surface area contributed by atoms with E-state index in [0.29, 0.717) is 12.4 Å². The first-order valence-electron chi connectivity index (χ1n) is 4.41. The maximum Gasteiger partial charge on any atom is 0.153 e. The Hall–Kier alpha value is -0.770. The molecule has 1 aliphatic rings. The number of hydrogen-bond donors (Lipinski definition) is 2. The molecule has 12 heavy (non-hydrogen) atoms. The highest BCUT2D eigenvalue weighted by Gasteiger charge is 2.16. The second kappa shape index (κ2) is 4.30. The van der Waals surface area contributed by atoms with Crippen LogP contribution in [0.25, 0.3) is 0 Å². The number of piperidine rings is 1. The fraction of sp³-hybridized carbons (Fsp3) is 0.875. The fourth-order valence-electron chi connectivity index (χ4n) is 1.69. The Bertz CT molecular complexity index is 170. The van der Waals surface area contributed by atoms with Gasteiger partial charge in [0.1, 0.15) is 0 Å². The molecule has 0 aromatic rings. The van der Waals surface area contributed by atoms with Crippen molar-refractivity contribution in [1.29, 1.82) is 0 Å². The molecule has 1 saturated heterocycles. The first-order chi connectivity index (χ1) is 5.72. The number of nitrogens with two attached hydrogens (primary N) is 1. The highest BCUT2D eigenvalue weighted by atomic mass is 16.4. The number of amidine groups is 1. The van der Waals surface area contributed by atoms with Crippen molar-refractivity contribution in [2.75, 3.05) is 19.6 Å². The van der Waals surface area contributed by atoms with Crippen LogP contribution in [-0.2, 0) is 0 Å². The third kappa shape index (κ3) is 2.70. The molecule has 0 bridgehead atoms. The Morgan fingerprint density at radius 1 is 1.75 bits per heavy atom. The number of likely N-dealkylation sites (tertiary alicyclic amines) is 1. The van der Waals surface area contributed by atoms with Crippen LogP contribution in [-0.4, -0.2) is 35.6 Å². The van der Waals surface area contributed by atoms with Crippen molar-refractivity contribution in [3.05, 3.63) is 0 Å². The molecule has 4 heteroatoms. The third-order valence-corrected chi connectivity index (χ3v) is 2.26. The molecule has 70 valence electrons. The predicted octanol–water partition coefficient (Wildman–Crippen LogP) is 0.465. The van der Waals surface area contributed by atoms with E-state index >= 15 is 0 Å². The van der Waals surface area contributed by atoms with Crippen LogP contribution < -0.4 is 5.73 Å². The minimum absolute atomic E-state index is 0.309. The van der Waals surface area contributed by atoms with Gasteiger partial charge in [0.2, 0.25) is 0 Å². The van der Waals surface area contributed by atoms with Crippen molar-refractivity contribution in [2.45, 2.75) is 19.8 Å². The quantitative estimate of drug-likeness (QED) is 0.275. The van der Waals surface area contributed by atoms with Crippen molar-refractivity contribution in [1.82, 2.24) is 4.90 Å². The van der Waals surface area contributed by atoms with Crippen LogP contribution in [0.1, 0.15) is 19.8 Å². The SMILES string of the molecule is C[C@H]1CCCN(C/C(N)=N\O)C1. The average Bonchev–Trinajstić information content (AvgIpc) is 2.04. The molecule has 1 rings (SSSR count). The van der Waals surface area contributed by atoms with E-state index < -0.39 is 0 Å². The lowest BCUT2D eigenvalue weighted by atomic mass is 10.0. The molecular weight excluding hydrogens is 154 g/mol. The second-order valence-corrected chi connectivity index (χ2v) is 3.57.